The Morgan fingerprint density at radius 2 is 1.85 bits per heavy atom. The third kappa shape index (κ3) is 3.08. The number of nitrogens with zero attached hydrogens (tertiary/aromatic N) is 1. The van der Waals surface area contributed by atoms with Gasteiger partial charge in [-0.3, -0.25) is 0 Å². The van der Waals surface area contributed by atoms with Crippen molar-refractivity contribution in [2.75, 3.05) is 25.6 Å². The number of benzene rings is 2. The molecule has 0 radical (unpaired) electrons. The molecule has 0 aliphatic heterocycles. The first kappa shape index (κ1) is 14.3. The summed E-state index contributed by atoms with van der Waals surface area (Å²) in [5.41, 5.74) is 7.83. The van der Waals surface area contributed by atoms with Gasteiger partial charge in [0.2, 0.25) is 0 Å². The summed E-state index contributed by atoms with van der Waals surface area (Å²) in [4.78, 5) is 1.81. The van der Waals surface area contributed by atoms with E-state index in [4.69, 9.17) is 10.5 Å². The molecule has 20 heavy (non-hydrogen) atoms. The van der Waals surface area contributed by atoms with Crippen LogP contribution < -0.4 is 15.4 Å². The van der Waals surface area contributed by atoms with E-state index in [9.17, 15) is 4.39 Å². The molecule has 0 fully saturated rings. The number of methoxy groups -OCH3 is 1. The predicted molar refractivity (Wildman–Crippen MR) is 80.2 cm³/mol. The van der Waals surface area contributed by atoms with Crippen LogP contribution in [0.15, 0.2) is 42.5 Å². The molecular formula is C16H19FN2O. The molecule has 2 aromatic rings. The van der Waals surface area contributed by atoms with Gasteiger partial charge in [-0.25, -0.2) is 4.39 Å². The minimum Gasteiger partial charge on any atom is -0.497 e. The lowest BCUT2D eigenvalue weighted by Crippen LogP contribution is -2.12. The molecule has 0 heterocycles. The zero-order chi connectivity index (χ0) is 14.5. The molecule has 4 heteroatoms. The van der Waals surface area contributed by atoms with Crippen LogP contribution in [0.5, 0.6) is 5.75 Å². The van der Waals surface area contributed by atoms with Crippen molar-refractivity contribution in [3.8, 4) is 5.75 Å². The Labute approximate surface area is 118 Å². The Morgan fingerprint density at radius 1 is 1.15 bits per heavy atom. The fourth-order valence-electron chi connectivity index (χ4n) is 2.09. The van der Waals surface area contributed by atoms with Crippen molar-refractivity contribution in [3.63, 3.8) is 0 Å². The molecule has 0 bridgehead atoms. The van der Waals surface area contributed by atoms with Crippen LogP contribution in [-0.4, -0.2) is 20.7 Å². The van der Waals surface area contributed by atoms with Gasteiger partial charge in [0.05, 0.1) is 12.8 Å². The second-order valence-corrected chi connectivity index (χ2v) is 4.58. The summed E-state index contributed by atoms with van der Waals surface area (Å²) in [6.45, 7) is 0.521. The van der Waals surface area contributed by atoms with Crippen LogP contribution in [-0.2, 0) is 6.42 Å². The van der Waals surface area contributed by atoms with Crippen LogP contribution in [0.2, 0.25) is 0 Å². The van der Waals surface area contributed by atoms with Crippen LogP contribution >= 0.6 is 0 Å². The lowest BCUT2D eigenvalue weighted by atomic mass is 10.1. The van der Waals surface area contributed by atoms with Gasteiger partial charge in [0.1, 0.15) is 11.6 Å². The van der Waals surface area contributed by atoms with Crippen LogP contribution in [0.1, 0.15) is 5.56 Å². The Bertz CT molecular complexity index is 569. The number of halogens is 1. The number of hydrogen-bond acceptors (Lipinski definition) is 3. The minimum atomic E-state index is -0.241. The standard InChI is InChI=1S/C16H19FN2O/c1-19(13-4-6-14(20-2)7-5-13)16-8-3-12(9-10-18)11-15(16)17/h3-8,11H,9-10,18H2,1-2H3. The van der Waals surface area contributed by atoms with Gasteiger partial charge < -0.3 is 15.4 Å². The van der Waals surface area contributed by atoms with Crippen molar-refractivity contribution in [1.29, 1.82) is 0 Å². The summed E-state index contributed by atoms with van der Waals surface area (Å²) >= 11 is 0. The van der Waals surface area contributed by atoms with Crippen molar-refractivity contribution in [2.45, 2.75) is 6.42 Å². The number of rotatable bonds is 5. The monoisotopic (exact) mass is 274 g/mol. The van der Waals surface area contributed by atoms with Gasteiger partial charge in [0.15, 0.2) is 0 Å². The van der Waals surface area contributed by atoms with E-state index in [1.165, 1.54) is 0 Å². The molecule has 0 unspecified atom stereocenters. The zero-order valence-corrected chi connectivity index (χ0v) is 11.8. The Kier molecular flexibility index (Phi) is 4.58. The molecule has 0 saturated carbocycles. The molecular weight excluding hydrogens is 255 g/mol. The van der Waals surface area contributed by atoms with Gasteiger partial charge in [-0.15, -0.1) is 0 Å². The van der Waals surface area contributed by atoms with Crippen molar-refractivity contribution in [3.05, 3.63) is 53.8 Å². The fraction of sp³-hybridized carbons (Fsp3) is 0.250. The molecule has 3 nitrogen and oxygen atoms in total. The van der Waals surface area contributed by atoms with Gasteiger partial charge in [0.25, 0.3) is 0 Å². The summed E-state index contributed by atoms with van der Waals surface area (Å²) in [7, 11) is 3.46. The highest BCUT2D eigenvalue weighted by Gasteiger charge is 2.10. The number of anilines is 2. The second-order valence-electron chi connectivity index (χ2n) is 4.58. The first-order valence-electron chi connectivity index (χ1n) is 6.52. The minimum absolute atomic E-state index is 0.241. The van der Waals surface area contributed by atoms with Crippen LogP contribution in [0, 0.1) is 5.82 Å². The fourth-order valence-corrected chi connectivity index (χ4v) is 2.09. The molecule has 106 valence electrons. The van der Waals surface area contributed by atoms with E-state index in [0.29, 0.717) is 18.7 Å². The Morgan fingerprint density at radius 3 is 2.40 bits per heavy atom. The molecule has 2 rings (SSSR count). The van der Waals surface area contributed by atoms with Crippen molar-refractivity contribution < 1.29 is 9.13 Å². The summed E-state index contributed by atoms with van der Waals surface area (Å²) in [6, 6.07) is 12.7. The average Bonchev–Trinajstić information content (AvgIpc) is 2.47. The SMILES string of the molecule is COc1ccc(N(C)c2ccc(CCN)cc2F)cc1. The molecule has 0 amide bonds. The van der Waals surface area contributed by atoms with Crippen LogP contribution in [0.25, 0.3) is 0 Å². The normalized spacial score (nSPS) is 10.4. The molecule has 2 N–H and O–H groups in total. The van der Waals surface area contributed by atoms with E-state index in [0.717, 1.165) is 17.0 Å². The smallest absolute Gasteiger partial charge is 0.147 e. The van der Waals surface area contributed by atoms with Crippen molar-refractivity contribution >= 4 is 11.4 Å². The zero-order valence-electron chi connectivity index (χ0n) is 11.8. The lowest BCUT2D eigenvalue weighted by molar-refractivity contribution is 0.415. The Balaban J connectivity index is 2.25. The average molecular weight is 274 g/mol. The van der Waals surface area contributed by atoms with E-state index in [1.807, 2.05) is 37.4 Å². The number of nitrogens with two attached hydrogens (primary N) is 1. The van der Waals surface area contributed by atoms with Crippen LogP contribution in [0.4, 0.5) is 15.8 Å². The first-order chi connectivity index (χ1) is 9.65. The molecule has 0 aromatic heterocycles. The summed E-state index contributed by atoms with van der Waals surface area (Å²) in [6.07, 6.45) is 0.684. The van der Waals surface area contributed by atoms with E-state index in [-0.39, 0.29) is 5.82 Å². The highest BCUT2D eigenvalue weighted by atomic mass is 19.1. The summed E-state index contributed by atoms with van der Waals surface area (Å²) < 4.78 is 19.3. The quantitative estimate of drug-likeness (QED) is 0.910. The van der Waals surface area contributed by atoms with Gasteiger partial charge in [-0.1, -0.05) is 6.07 Å². The largest absolute Gasteiger partial charge is 0.497 e. The van der Waals surface area contributed by atoms with Gasteiger partial charge in [-0.05, 0) is 54.9 Å². The van der Waals surface area contributed by atoms with E-state index in [2.05, 4.69) is 0 Å². The number of hydrogen-bond donors (Lipinski definition) is 1. The number of ether oxygens (including phenoxy) is 1. The maximum absolute atomic E-state index is 14.1. The summed E-state index contributed by atoms with van der Waals surface area (Å²) in [5, 5.41) is 0. The third-order valence-electron chi connectivity index (χ3n) is 3.27. The highest BCUT2D eigenvalue weighted by molar-refractivity contribution is 5.63. The maximum atomic E-state index is 14.1. The highest BCUT2D eigenvalue weighted by Crippen LogP contribution is 2.28. The lowest BCUT2D eigenvalue weighted by Gasteiger charge is -2.20. The molecule has 0 saturated heterocycles. The third-order valence-corrected chi connectivity index (χ3v) is 3.27. The molecule has 0 aliphatic rings. The second kappa shape index (κ2) is 6.39. The van der Waals surface area contributed by atoms with E-state index < -0.39 is 0 Å². The molecule has 0 aliphatic carbocycles. The van der Waals surface area contributed by atoms with Crippen molar-refractivity contribution in [1.82, 2.24) is 0 Å². The Hall–Kier alpha value is -2.07. The van der Waals surface area contributed by atoms with Gasteiger partial charge >= 0.3 is 0 Å². The molecule has 2 aromatic carbocycles. The van der Waals surface area contributed by atoms with E-state index >= 15 is 0 Å². The predicted octanol–water partition coefficient (Wildman–Crippen LogP) is 3.10. The van der Waals surface area contributed by atoms with Crippen LogP contribution in [0.3, 0.4) is 0 Å². The van der Waals surface area contributed by atoms with E-state index in [1.54, 1.807) is 24.1 Å². The van der Waals surface area contributed by atoms with Gasteiger partial charge in [-0.2, -0.15) is 0 Å². The van der Waals surface area contributed by atoms with Gasteiger partial charge in [0, 0.05) is 12.7 Å². The molecule has 0 atom stereocenters. The first-order valence-corrected chi connectivity index (χ1v) is 6.52. The topological polar surface area (TPSA) is 38.5 Å². The molecule has 0 spiro atoms. The maximum Gasteiger partial charge on any atom is 0.147 e. The summed E-state index contributed by atoms with van der Waals surface area (Å²) in [5.74, 6) is 0.537. The van der Waals surface area contributed by atoms with Crippen molar-refractivity contribution in [2.24, 2.45) is 5.73 Å².